The van der Waals surface area contributed by atoms with Crippen LogP contribution >= 0.6 is 0 Å². The van der Waals surface area contributed by atoms with Gasteiger partial charge < -0.3 is 5.32 Å². The van der Waals surface area contributed by atoms with E-state index in [4.69, 9.17) is 0 Å². The van der Waals surface area contributed by atoms with Crippen LogP contribution in [-0.4, -0.2) is 12.1 Å². The Kier molecular flexibility index (Phi) is 3.71. The van der Waals surface area contributed by atoms with Crippen molar-refractivity contribution in [2.75, 3.05) is 6.54 Å². The third-order valence-electron chi connectivity index (χ3n) is 4.74. The lowest BCUT2D eigenvalue weighted by atomic mass is 9.73. The maximum Gasteiger partial charge on any atom is 0.0237 e. The molecule has 1 unspecified atom stereocenters. The van der Waals surface area contributed by atoms with Crippen LogP contribution in [0, 0.1) is 11.8 Å². The number of hydrogen-bond acceptors (Lipinski definition) is 1. The van der Waals surface area contributed by atoms with Crippen LogP contribution in [0.1, 0.15) is 65.2 Å². The summed E-state index contributed by atoms with van der Waals surface area (Å²) < 4.78 is 0. The van der Waals surface area contributed by atoms with Crippen molar-refractivity contribution in [3.63, 3.8) is 0 Å². The minimum absolute atomic E-state index is 0.542. The second-order valence-corrected chi connectivity index (χ2v) is 5.57. The van der Waals surface area contributed by atoms with Gasteiger partial charge in [0.1, 0.15) is 0 Å². The molecule has 88 valence electrons. The van der Waals surface area contributed by atoms with Crippen LogP contribution in [0.4, 0.5) is 0 Å². The number of nitrogens with one attached hydrogen (secondary N) is 1. The third-order valence-corrected chi connectivity index (χ3v) is 4.74. The molecule has 0 aromatic rings. The molecule has 1 aliphatic heterocycles. The van der Waals surface area contributed by atoms with Crippen molar-refractivity contribution >= 4 is 0 Å². The number of hydrogen-bond donors (Lipinski definition) is 1. The van der Waals surface area contributed by atoms with E-state index in [1.54, 1.807) is 0 Å². The molecule has 0 amide bonds. The summed E-state index contributed by atoms with van der Waals surface area (Å²) in [7, 11) is 0. The van der Waals surface area contributed by atoms with E-state index in [2.05, 4.69) is 19.2 Å². The van der Waals surface area contributed by atoms with E-state index in [-0.39, 0.29) is 0 Å². The summed E-state index contributed by atoms with van der Waals surface area (Å²) in [6, 6.07) is 0. The maximum absolute atomic E-state index is 3.96. The van der Waals surface area contributed by atoms with Gasteiger partial charge in [0.2, 0.25) is 0 Å². The molecule has 0 bridgehead atoms. The topological polar surface area (TPSA) is 12.0 Å². The first-order chi connectivity index (χ1) is 7.33. The highest BCUT2D eigenvalue weighted by Gasteiger charge is 2.48. The van der Waals surface area contributed by atoms with Gasteiger partial charge in [0.05, 0.1) is 0 Å². The predicted molar refractivity (Wildman–Crippen MR) is 66.0 cm³/mol. The van der Waals surface area contributed by atoms with Gasteiger partial charge in [-0.25, -0.2) is 0 Å². The summed E-state index contributed by atoms with van der Waals surface area (Å²) in [5.41, 5.74) is 0.542. The van der Waals surface area contributed by atoms with E-state index in [0.29, 0.717) is 5.54 Å². The zero-order valence-electron chi connectivity index (χ0n) is 10.5. The van der Waals surface area contributed by atoms with Crippen molar-refractivity contribution in [2.45, 2.75) is 70.8 Å². The normalized spacial score (nSPS) is 33.0. The highest BCUT2D eigenvalue weighted by Crippen LogP contribution is 2.48. The molecule has 2 rings (SSSR count). The summed E-state index contributed by atoms with van der Waals surface area (Å²) >= 11 is 0. The smallest absolute Gasteiger partial charge is 0.0237 e. The molecule has 1 N–H and O–H groups in total. The fourth-order valence-electron chi connectivity index (χ4n) is 3.77. The quantitative estimate of drug-likeness (QED) is 0.744. The Morgan fingerprint density at radius 3 is 2.47 bits per heavy atom. The Hall–Kier alpha value is -0.0400. The van der Waals surface area contributed by atoms with Crippen LogP contribution in [0.3, 0.4) is 0 Å². The molecule has 1 atom stereocenters. The Labute approximate surface area is 95.0 Å². The standard InChI is InChI=1S/C14H27N/c1-3-12(4-2)14(13-8-9-13)10-6-5-7-11-15-14/h12-13,15H,3-11H2,1-2H3. The predicted octanol–water partition coefficient (Wildman–Crippen LogP) is 3.74. The van der Waals surface area contributed by atoms with Gasteiger partial charge in [-0.2, -0.15) is 0 Å². The average Bonchev–Trinajstić information content (AvgIpc) is 3.07. The highest BCUT2D eigenvalue weighted by molar-refractivity contribution is 5.05. The first kappa shape index (κ1) is 11.4. The molecule has 15 heavy (non-hydrogen) atoms. The molecule has 2 aliphatic rings. The molecular weight excluding hydrogens is 182 g/mol. The summed E-state index contributed by atoms with van der Waals surface area (Å²) in [6.45, 7) is 6.03. The van der Waals surface area contributed by atoms with Crippen molar-refractivity contribution in [3.8, 4) is 0 Å². The highest BCUT2D eigenvalue weighted by atomic mass is 15.0. The lowest BCUT2D eigenvalue weighted by Gasteiger charge is -2.41. The van der Waals surface area contributed by atoms with Crippen LogP contribution in [0.15, 0.2) is 0 Å². The third kappa shape index (κ3) is 2.22. The summed E-state index contributed by atoms with van der Waals surface area (Å²) in [6.07, 6.45) is 11.5. The molecule has 1 nitrogen and oxygen atoms in total. The van der Waals surface area contributed by atoms with Gasteiger partial charge in [-0.1, -0.05) is 39.5 Å². The zero-order chi connectivity index (χ0) is 10.7. The fourth-order valence-corrected chi connectivity index (χ4v) is 3.77. The molecule has 2 fully saturated rings. The molecular formula is C14H27N. The summed E-state index contributed by atoms with van der Waals surface area (Å²) in [4.78, 5) is 0. The molecule has 0 spiro atoms. The lowest BCUT2D eigenvalue weighted by molar-refractivity contribution is 0.157. The molecule has 1 saturated carbocycles. The fraction of sp³-hybridized carbons (Fsp3) is 1.00. The van der Waals surface area contributed by atoms with E-state index < -0.39 is 0 Å². The first-order valence-electron chi connectivity index (χ1n) is 7.08. The molecule has 0 aromatic carbocycles. The van der Waals surface area contributed by atoms with Crippen molar-refractivity contribution in [1.29, 1.82) is 0 Å². The minimum atomic E-state index is 0.542. The zero-order valence-corrected chi connectivity index (χ0v) is 10.5. The Balaban J connectivity index is 2.12. The maximum atomic E-state index is 3.96. The van der Waals surface area contributed by atoms with Crippen molar-refractivity contribution in [1.82, 2.24) is 5.32 Å². The van der Waals surface area contributed by atoms with Gasteiger partial charge in [-0.3, -0.25) is 0 Å². The van der Waals surface area contributed by atoms with Gasteiger partial charge >= 0.3 is 0 Å². The van der Waals surface area contributed by atoms with Gasteiger partial charge in [0.25, 0.3) is 0 Å². The van der Waals surface area contributed by atoms with E-state index >= 15 is 0 Å². The van der Waals surface area contributed by atoms with Crippen LogP contribution in [0.25, 0.3) is 0 Å². The largest absolute Gasteiger partial charge is 0.311 e. The van der Waals surface area contributed by atoms with Crippen LogP contribution in [0.2, 0.25) is 0 Å². The monoisotopic (exact) mass is 209 g/mol. The SMILES string of the molecule is CCC(CC)C1(C2CC2)CCCCCN1. The van der Waals surface area contributed by atoms with Gasteiger partial charge in [-0.05, 0) is 44.1 Å². The van der Waals surface area contributed by atoms with Crippen molar-refractivity contribution in [3.05, 3.63) is 0 Å². The summed E-state index contributed by atoms with van der Waals surface area (Å²) in [5, 5.41) is 3.96. The van der Waals surface area contributed by atoms with Crippen LogP contribution < -0.4 is 5.32 Å². The Morgan fingerprint density at radius 2 is 1.87 bits per heavy atom. The molecule has 1 heterocycles. The molecule has 1 heteroatoms. The minimum Gasteiger partial charge on any atom is -0.311 e. The van der Waals surface area contributed by atoms with E-state index in [1.165, 1.54) is 57.9 Å². The Morgan fingerprint density at radius 1 is 1.13 bits per heavy atom. The van der Waals surface area contributed by atoms with Crippen molar-refractivity contribution < 1.29 is 0 Å². The average molecular weight is 209 g/mol. The second-order valence-electron chi connectivity index (χ2n) is 5.57. The second kappa shape index (κ2) is 4.86. The molecule has 0 aromatic heterocycles. The van der Waals surface area contributed by atoms with E-state index in [0.717, 1.165) is 11.8 Å². The molecule has 0 radical (unpaired) electrons. The van der Waals surface area contributed by atoms with Gasteiger partial charge in [0.15, 0.2) is 0 Å². The van der Waals surface area contributed by atoms with E-state index in [1.807, 2.05) is 0 Å². The van der Waals surface area contributed by atoms with Crippen LogP contribution in [-0.2, 0) is 0 Å². The Bertz CT molecular complexity index is 184. The summed E-state index contributed by atoms with van der Waals surface area (Å²) in [5.74, 6) is 1.93. The lowest BCUT2D eigenvalue weighted by Crippen LogP contribution is -2.52. The molecule has 1 saturated heterocycles. The number of rotatable bonds is 4. The van der Waals surface area contributed by atoms with Crippen LogP contribution in [0.5, 0.6) is 0 Å². The van der Waals surface area contributed by atoms with Crippen molar-refractivity contribution in [2.24, 2.45) is 11.8 Å². The first-order valence-corrected chi connectivity index (χ1v) is 7.08. The molecule has 1 aliphatic carbocycles. The van der Waals surface area contributed by atoms with Gasteiger partial charge in [0, 0.05) is 5.54 Å². The van der Waals surface area contributed by atoms with E-state index in [9.17, 15) is 0 Å². The van der Waals surface area contributed by atoms with Gasteiger partial charge in [-0.15, -0.1) is 0 Å².